The van der Waals surface area contributed by atoms with Crippen molar-refractivity contribution in [2.45, 2.75) is 6.10 Å². The van der Waals surface area contributed by atoms with E-state index in [9.17, 15) is 14.3 Å². The van der Waals surface area contributed by atoms with Crippen LogP contribution in [0.1, 0.15) is 22.0 Å². The number of amides is 1. The van der Waals surface area contributed by atoms with Crippen molar-refractivity contribution in [1.29, 1.82) is 0 Å². The van der Waals surface area contributed by atoms with E-state index in [-0.39, 0.29) is 12.1 Å². The molecule has 116 valence electrons. The lowest BCUT2D eigenvalue weighted by Gasteiger charge is -2.21. The van der Waals surface area contributed by atoms with Crippen molar-refractivity contribution in [3.8, 4) is 5.75 Å². The van der Waals surface area contributed by atoms with Crippen LogP contribution in [-0.4, -0.2) is 36.6 Å². The van der Waals surface area contributed by atoms with Gasteiger partial charge >= 0.3 is 0 Å². The van der Waals surface area contributed by atoms with E-state index < -0.39 is 17.8 Å². The number of ether oxygens (including phenoxy) is 1. The summed E-state index contributed by atoms with van der Waals surface area (Å²) in [7, 11) is 3.07. The largest absolute Gasteiger partial charge is 0.497 e. The summed E-state index contributed by atoms with van der Waals surface area (Å²) < 4.78 is 18.7. The standard InChI is InChI=1S/C17H18FNO3/c1-19(17(21)14-8-3-4-9-15(14)18)11-16(20)12-6-5-7-13(10-12)22-2/h3-10,16,20H,11H2,1-2H3. The van der Waals surface area contributed by atoms with Crippen molar-refractivity contribution in [3.63, 3.8) is 0 Å². The average Bonchev–Trinajstić information content (AvgIpc) is 2.54. The second kappa shape index (κ2) is 7.04. The zero-order valence-corrected chi connectivity index (χ0v) is 12.5. The van der Waals surface area contributed by atoms with Gasteiger partial charge in [0.1, 0.15) is 11.6 Å². The van der Waals surface area contributed by atoms with Gasteiger partial charge in [0.2, 0.25) is 0 Å². The van der Waals surface area contributed by atoms with Crippen LogP contribution in [0.3, 0.4) is 0 Å². The van der Waals surface area contributed by atoms with Crippen LogP contribution in [0.5, 0.6) is 5.75 Å². The van der Waals surface area contributed by atoms with E-state index in [0.717, 1.165) is 0 Å². The summed E-state index contributed by atoms with van der Waals surface area (Å²) in [5.41, 5.74) is 0.621. The number of aliphatic hydroxyl groups is 1. The Morgan fingerprint density at radius 2 is 2.00 bits per heavy atom. The first-order chi connectivity index (χ1) is 10.5. The van der Waals surface area contributed by atoms with Gasteiger partial charge in [-0.25, -0.2) is 4.39 Å². The summed E-state index contributed by atoms with van der Waals surface area (Å²) in [5.74, 6) is -0.421. The lowest BCUT2D eigenvalue weighted by molar-refractivity contribution is 0.0676. The normalized spacial score (nSPS) is 11.8. The van der Waals surface area contributed by atoms with E-state index in [0.29, 0.717) is 11.3 Å². The van der Waals surface area contributed by atoms with Crippen molar-refractivity contribution >= 4 is 5.91 Å². The molecule has 1 unspecified atom stereocenters. The van der Waals surface area contributed by atoms with Gasteiger partial charge in [0.25, 0.3) is 5.91 Å². The van der Waals surface area contributed by atoms with Crippen molar-refractivity contribution in [3.05, 3.63) is 65.5 Å². The maximum absolute atomic E-state index is 13.6. The number of likely N-dealkylation sites (N-methyl/N-ethyl adjacent to an activating group) is 1. The molecule has 0 saturated carbocycles. The summed E-state index contributed by atoms with van der Waals surface area (Å²) >= 11 is 0. The minimum absolute atomic E-state index is 0.0113. The molecule has 1 atom stereocenters. The molecule has 0 aliphatic rings. The SMILES string of the molecule is COc1cccc(C(O)CN(C)C(=O)c2ccccc2F)c1. The van der Waals surface area contributed by atoms with E-state index in [1.54, 1.807) is 37.4 Å². The number of rotatable bonds is 5. The fourth-order valence-corrected chi connectivity index (χ4v) is 2.14. The molecule has 0 spiro atoms. The number of methoxy groups -OCH3 is 1. The highest BCUT2D eigenvalue weighted by Gasteiger charge is 2.19. The van der Waals surface area contributed by atoms with Crippen LogP contribution < -0.4 is 4.74 Å². The number of halogens is 1. The molecule has 2 rings (SSSR count). The van der Waals surface area contributed by atoms with Gasteiger partial charge in [0, 0.05) is 7.05 Å². The van der Waals surface area contributed by atoms with Crippen molar-refractivity contribution in [2.75, 3.05) is 20.7 Å². The lowest BCUT2D eigenvalue weighted by Crippen LogP contribution is -2.31. The van der Waals surface area contributed by atoms with Crippen LogP contribution in [-0.2, 0) is 0 Å². The molecule has 5 heteroatoms. The third-order valence-corrected chi connectivity index (χ3v) is 3.38. The topological polar surface area (TPSA) is 49.8 Å². The summed E-state index contributed by atoms with van der Waals surface area (Å²) in [4.78, 5) is 13.5. The quantitative estimate of drug-likeness (QED) is 0.924. The molecule has 0 fully saturated rings. The van der Waals surface area contributed by atoms with E-state index in [1.165, 1.54) is 30.1 Å². The first-order valence-electron chi connectivity index (χ1n) is 6.85. The van der Waals surface area contributed by atoms with Gasteiger partial charge in [-0.1, -0.05) is 24.3 Å². The smallest absolute Gasteiger partial charge is 0.256 e. The molecule has 0 heterocycles. The molecular weight excluding hydrogens is 285 g/mol. The van der Waals surface area contributed by atoms with Crippen molar-refractivity contribution < 1.29 is 19.0 Å². The maximum Gasteiger partial charge on any atom is 0.256 e. The van der Waals surface area contributed by atoms with Crippen LogP contribution in [0.15, 0.2) is 48.5 Å². The number of carbonyl (C=O) groups excluding carboxylic acids is 1. The number of nitrogens with zero attached hydrogens (tertiary/aromatic N) is 1. The molecule has 0 bridgehead atoms. The van der Waals surface area contributed by atoms with Crippen LogP contribution >= 0.6 is 0 Å². The van der Waals surface area contributed by atoms with Gasteiger partial charge in [0.05, 0.1) is 25.3 Å². The summed E-state index contributed by atoms with van der Waals surface area (Å²) in [6, 6.07) is 12.8. The third-order valence-electron chi connectivity index (χ3n) is 3.38. The number of carbonyl (C=O) groups is 1. The highest BCUT2D eigenvalue weighted by molar-refractivity contribution is 5.94. The average molecular weight is 303 g/mol. The second-order valence-electron chi connectivity index (χ2n) is 4.96. The van der Waals surface area contributed by atoms with E-state index >= 15 is 0 Å². The zero-order chi connectivity index (χ0) is 16.1. The Balaban J connectivity index is 2.09. The third kappa shape index (κ3) is 3.62. The van der Waals surface area contributed by atoms with Gasteiger partial charge in [0.15, 0.2) is 0 Å². The Morgan fingerprint density at radius 1 is 1.27 bits per heavy atom. The molecule has 22 heavy (non-hydrogen) atoms. The van der Waals surface area contributed by atoms with E-state index in [2.05, 4.69) is 0 Å². The Bertz CT molecular complexity index is 660. The van der Waals surface area contributed by atoms with Crippen LogP contribution in [0.4, 0.5) is 4.39 Å². The van der Waals surface area contributed by atoms with Gasteiger partial charge in [-0.05, 0) is 29.8 Å². The van der Waals surface area contributed by atoms with E-state index in [1.807, 2.05) is 0 Å². The monoisotopic (exact) mass is 303 g/mol. The van der Waals surface area contributed by atoms with Crippen LogP contribution in [0, 0.1) is 5.82 Å². The second-order valence-corrected chi connectivity index (χ2v) is 4.96. The molecule has 0 aliphatic carbocycles. The Labute approximate surface area is 128 Å². The first kappa shape index (κ1) is 16.0. The minimum Gasteiger partial charge on any atom is -0.497 e. The Hall–Kier alpha value is -2.40. The predicted octanol–water partition coefficient (Wildman–Crippen LogP) is 2.64. The fraction of sp³-hybridized carbons (Fsp3) is 0.235. The minimum atomic E-state index is -0.879. The summed E-state index contributed by atoms with van der Waals surface area (Å²) in [5, 5.41) is 10.2. The van der Waals surface area contributed by atoms with Crippen LogP contribution in [0.2, 0.25) is 0 Å². The predicted molar refractivity (Wildman–Crippen MR) is 81.3 cm³/mol. The maximum atomic E-state index is 13.6. The number of hydrogen-bond donors (Lipinski definition) is 1. The summed E-state index contributed by atoms with van der Waals surface area (Å²) in [6.45, 7) is 0.0559. The molecule has 4 nitrogen and oxygen atoms in total. The van der Waals surface area contributed by atoms with Crippen LogP contribution in [0.25, 0.3) is 0 Å². The van der Waals surface area contributed by atoms with Gasteiger partial charge < -0.3 is 14.7 Å². The van der Waals surface area contributed by atoms with Gasteiger partial charge in [-0.2, -0.15) is 0 Å². The molecule has 0 aromatic heterocycles. The van der Waals surface area contributed by atoms with Crippen molar-refractivity contribution in [2.24, 2.45) is 0 Å². The highest BCUT2D eigenvalue weighted by atomic mass is 19.1. The van der Waals surface area contributed by atoms with E-state index in [4.69, 9.17) is 4.74 Å². The highest BCUT2D eigenvalue weighted by Crippen LogP contribution is 2.20. The van der Waals surface area contributed by atoms with Gasteiger partial charge in [-0.15, -0.1) is 0 Å². The lowest BCUT2D eigenvalue weighted by atomic mass is 10.1. The van der Waals surface area contributed by atoms with Gasteiger partial charge in [-0.3, -0.25) is 4.79 Å². The number of aliphatic hydroxyl groups excluding tert-OH is 1. The fourth-order valence-electron chi connectivity index (χ4n) is 2.14. The molecule has 0 saturated heterocycles. The summed E-state index contributed by atoms with van der Waals surface area (Å²) in [6.07, 6.45) is -0.879. The molecule has 2 aromatic rings. The molecule has 0 aliphatic heterocycles. The molecule has 0 radical (unpaired) electrons. The number of hydrogen-bond acceptors (Lipinski definition) is 3. The van der Waals surface area contributed by atoms with Crippen molar-refractivity contribution in [1.82, 2.24) is 4.90 Å². The first-order valence-corrected chi connectivity index (χ1v) is 6.85. The Kier molecular flexibility index (Phi) is 5.12. The number of benzene rings is 2. The zero-order valence-electron chi connectivity index (χ0n) is 12.5. The Morgan fingerprint density at radius 3 is 2.68 bits per heavy atom. The molecular formula is C17H18FNO3. The molecule has 2 aromatic carbocycles. The molecule has 1 amide bonds. The molecule has 1 N–H and O–H groups in total.